The molecule has 0 aliphatic heterocycles. The summed E-state index contributed by atoms with van der Waals surface area (Å²) in [5.74, 6) is 0.200. The van der Waals surface area contributed by atoms with E-state index in [-0.39, 0.29) is 16.7 Å². The monoisotopic (exact) mass is 464 g/mol. The Kier molecular flexibility index (Phi) is 8.29. The highest BCUT2D eigenvalue weighted by atomic mass is 16.3. The third-order valence-electron chi connectivity index (χ3n) is 6.22. The third-order valence-corrected chi connectivity index (χ3v) is 6.22. The molecular formula is C30H32N4O. The maximum absolute atomic E-state index is 10.5. The van der Waals surface area contributed by atoms with E-state index in [2.05, 4.69) is 55.8 Å². The number of nitriles is 2. The number of phenolic OH excluding ortho intramolecular Hbond substituents is 1. The average molecular weight is 465 g/mol. The lowest BCUT2D eigenvalue weighted by Gasteiger charge is -2.30. The largest absolute Gasteiger partial charge is 0.507 e. The van der Waals surface area contributed by atoms with Gasteiger partial charge in [0.25, 0.3) is 0 Å². The van der Waals surface area contributed by atoms with E-state index in [1.165, 1.54) is 0 Å². The molecule has 3 rings (SSSR count). The van der Waals surface area contributed by atoms with Crippen LogP contribution < -0.4 is 4.90 Å². The van der Waals surface area contributed by atoms with Crippen molar-refractivity contribution < 1.29 is 5.11 Å². The molecule has 0 bridgehead atoms. The van der Waals surface area contributed by atoms with Crippen molar-refractivity contribution in [1.29, 1.82) is 10.5 Å². The van der Waals surface area contributed by atoms with E-state index >= 15 is 0 Å². The first-order valence-corrected chi connectivity index (χ1v) is 11.9. The number of rotatable bonds is 7. The van der Waals surface area contributed by atoms with Crippen molar-refractivity contribution in [3.05, 3.63) is 82.5 Å². The summed E-state index contributed by atoms with van der Waals surface area (Å²) in [6, 6.07) is 17.5. The predicted molar refractivity (Wildman–Crippen MR) is 144 cm³/mol. The second kappa shape index (κ2) is 11.4. The van der Waals surface area contributed by atoms with E-state index in [0.29, 0.717) is 12.0 Å². The van der Waals surface area contributed by atoms with Gasteiger partial charge in [0.05, 0.1) is 5.69 Å². The highest BCUT2D eigenvalue weighted by molar-refractivity contribution is 5.86. The number of hydrogen-bond acceptors (Lipinski definition) is 5. The number of aliphatic imine (C=N–C) groups is 1. The van der Waals surface area contributed by atoms with E-state index in [1.807, 2.05) is 48.6 Å². The second-order valence-corrected chi connectivity index (χ2v) is 9.38. The van der Waals surface area contributed by atoms with Gasteiger partial charge >= 0.3 is 0 Å². The first-order valence-electron chi connectivity index (χ1n) is 11.9. The summed E-state index contributed by atoms with van der Waals surface area (Å²) >= 11 is 0. The Bertz CT molecular complexity index is 1260. The zero-order valence-electron chi connectivity index (χ0n) is 20.9. The molecule has 0 spiro atoms. The Labute approximate surface area is 208 Å². The summed E-state index contributed by atoms with van der Waals surface area (Å²) < 4.78 is 0. The Morgan fingerprint density at radius 3 is 2.49 bits per heavy atom. The van der Waals surface area contributed by atoms with Gasteiger partial charge < -0.3 is 10.0 Å². The number of allylic oxidation sites excluding steroid dienone is 5. The lowest BCUT2D eigenvalue weighted by atomic mass is 9.74. The van der Waals surface area contributed by atoms with Gasteiger partial charge in [-0.3, -0.25) is 4.99 Å². The quantitative estimate of drug-likeness (QED) is 0.350. The number of phenols is 1. The lowest BCUT2D eigenvalue weighted by molar-refractivity contribution is 0.359. The van der Waals surface area contributed by atoms with Gasteiger partial charge in [-0.1, -0.05) is 44.2 Å². The van der Waals surface area contributed by atoms with Crippen molar-refractivity contribution >= 4 is 23.7 Å². The molecule has 1 aliphatic carbocycles. The zero-order chi connectivity index (χ0) is 25.4. The van der Waals surface area contributed by atoms with Gasteiger partial charge in [-0.25, -0.2) is 0 Å². The molecule has 0 fully saturated rings. The minimum absolute atomic E-state index is 0.0232. The molecule has 5 heteroatoms. The van der Waals surface area contributed by atoms with Crippen LogP contribution in [0.15, 0.2) is 76.3 Å². The fourth-order valence-corrected chi connectivity index (χ4v) is 4.19. The van der Waals surface area contributed by atoms with Crippen LogP contribution in [0.2, 0.25) is 0 Å². The van der Waals surface area contributed by atoms with Crippen LogP contribution in [-0.2, 0) is 0 Å². The summed E-state index contributed by atoms with van der Waals surface area (Å²) in [6.45, 7) is 10.2. The van der Waals surface area contributed by atoms with E-state index < -0.39 is 0 Å². The van der Waals surface area contributed by atoms with Crippen LogP contribution in [0, 0.1) is 28.1 Å². The van der Waals surface area contributed by atoms with Crippen LogP contribution in [0.1, 0.15) is 51.7 Å². The maximum atomic E-state index is 10.5. The SMILES string of the molecule is CCN(CC)c1ccc(/C=N/c2cccc(C=CC3=CCC(C)(C)CC3=C(C#N)C#N)c2)c(O)c1. The molecule has 0 atom stereocenters. The highest BCUT2D eigenvalue weighted by Gasteiger charge is 2.26. The molecule has 0 radical (unpaired) electrons. The topological polar surface area (TPSA) is 83.4 Å². The van der Waals surface area contributed by atoms with Gasteiger partial charge in [-0.05, 0) is 73.1 Å². The molecule has 0 saturated carbocycles. The lowest BCUT2D eigenvalue weighted by Crippen LogP contribution is -2.21. The van der Waals surface area contributed by atoms with Gasteiger partial charge in [0, 0.05) is 36.6 Å². The van der Waals surface area contributed by atoms with Crippen molar-refractivity contribution in [2.45, 2.75) is 40.5 Å². The minimum atomic E-state index is 0.0232. The Balaban J connectivity index is 1.82. The molecule has 1 aliphatic rings. The van der Waals surface area contributed by atoms with E-state index in [0.717, 1.165) is 47.6 Å². The molecule has 0 unspecified atom stereocenters. The van der Waals surface area contributed by atoms with Gasteiger partial charge in [-0.2, -0.15) is 10.5 Å². The van der Waals surface area contributed by atoms with Crippen LogP contribution in [0.25, 0.3) is 6.08 Å². The first kappa shape index (κ1) is 25.5. The molecule has 5 nitrogen and oxygen atoms in total. The predicted octanol–water partition coefficient (Wildman–Crippen LogP) is 7.09. The van der Waals surface area contributed by atoms with Gasteiger partial charge in [-0.15, -0.1) is 0 Å². The molecule has 0 aromatic heterocycles. The molecule has 35 heavy (non-hydrogen) atoms. The molecular weight excluding hydrogens is 432 g/mol. The molecule has 0 heterocycles. The van der Waals surface area contributed by atoms with Crippen LogP contribution >= 0.6 is 0 Å². The molecule has 2 aromatic carbocycles. The van der Waals surface area contributed by atoms with Crippen molar-refractivity contribution in [3.8, 4) is 17.9 Å². The maximum Gasteiger partial charge on any atom is 0.133 e. The molecule has 0 amide bonds. The number of benzene rings is 2. The van der Waals surface area contributed by atoms with Crippen molar-refractivity contribution in [3.63, 3.8) is 0 Å². The number of anilines is 1. The molecule has 2 aromatic rings. The van der Waals surface area contributed by atoms with Crippen molar-refractivity contribution in [2.75, 3.05) is 18.0 Å². The van der Waals surface area contributed by atoms with Crippen molar-refractivity contribution in [2.24, 2.45) is 10.4 Å². The number of nitrogens with zero attached hydrogens (tertiary/aromatic N) is 4. The molecule has 0 saturated heterocycles. The van der Waals surface area contributed by atoms with E-state index in [4.69, 9.17) is 0 Å². The van der Waals surface area contributed by atoms with Crippen molar-refractivity contribution in [1.82, 2.24) is 0 Å². The number of hydrogen-bond donors (Lipinski definition) is 1. The average Bonchev–Trinajstić information content (AvgIpc) is 2.84. The summed E-state index contributed by atoms with van der Waals surface area (Å²) in [6.07, 6.45) is 9.31. The van der Waals surface area contributed by atoms with Crippen LogP contribution in [-0.4, -0.2) is 24.4 Å². The fourth-order valence-electron chi connectivity index (χ4n) is 4.19. The second-order valence-electron chi connectivity index (χ2n) is 9.38. The molecule has 178 valence electrons. The number of aromatic hydroxyl groups is 1. The minimum Gasteiger partial charge on any atom is -0.507 e. The Morgan fingerprint density at radius 1 is 1.09 bits per heavy atom. The molecule has 1 N–H and O–H groups in total. The van der Waals surface area contributed by atoms with E-state index in [1.54, 1.807) is 12.3 Å². The van der Waals surface area contributed by atoms with Crippen LogP contribution in [0.4, 0.5) is 11.4 Å². The Hall–Kier alpha value is -4.09. The van der Waals surface area contributed by atoms with Gasteiger partial charge in [0.15, 0.2) is 0 Å². The smallest absolute Gasteiger partial charge is 0.133 e. The normalized spacial score (nSPS) is 15.0. The first-order chi connectivity index (χ1) is 16.8. The van der Waals surface area contributed by atoms with Gasteiger partial charge in [0.2, 0.25) is 0 Å². The highest BCUT2D eigenvalue weighted by Crippen LogP contribution is 2.39. The summed E-state index contributed by atoms with van der Waals surface area (Å²) in [4.78, 5) is 6.73. The summed E-state index contributed by atoms with van der Waals surface area (Å²) in [7, 11) is 0. The standard InChI is InChI=1S/C30H32N4O/c1-5-34(6-2)27-13-12-24(29(35)17-27)21-33-26-9-7-8-22(16-26)10-11-23-14-15-30(3,4)18-28(23)25(19-31)20-32/h7-14,16-17,21,35H,5-6,15,18H2,1-4H3/b11-10?,33-21+. The fraction of sp³-hybridized carbons (Fsp3) is 0.300. The van der Waals surface area contributed by atoms with Gasteiger partial charge in [0.1, 0.15) is 23.5 Å². The van der Waals surface area contributed by atoms with E-state index in [9.17, 15) is 15.6 Å². The van der Waals surface area contributed by atoms with Crippen LogP contribution in [0.5, 0.6) is 5.75 Å². The third kappa shape index (κ3) is 6.49. The van der Waals surface area contributed by atoms with Crippen LogP contribution in [0.3, 0.4) is 0 Å². The summed E-state index contributed by atoms with van der Waals surface area (Å²) in [5.41, 5.74) is 5.31. The summed E-state index contributed by atoms with van der Waals surface area (Å²) in [5, 5.41) is 29.3. The zero-order valence-corrected chi connectivity index (χ0v) is 20.9. The Morgan fingerprint density at radius 2 is 1.83 bits per heavy atom.